The number of fused-ring (bicyclic) bond motifs is 9. The summed E-state index contributed by atoms with van der Waals surface area (Å²) in [6.07, 6.45) is 0. The summed E-state index contributed by atoms with van der Waals surface area (Å²) in [4.78, 5) is 0. The van der Waals surface area contributed by atoms with Crippen LogP contribution in [0.15, 0.2) is 121 Å². The molecule has 0 aliphatic heterocycles. The maximum Gasteiger partial charge on any atom is 0.0502 e. The van der Waals surface area contributed by atoms with Gasteiger partial charge in [-0.3, -0.25) is 0 Å². The molecule has 0 bridgehead atoms. The maximum absolute atomic E-state index is 2.46. The molecule has 0 atom stereocenters. The molecule has 0 saturated heterocycles. The van der Waals surface area contributed by atoms with Crippen LogP contribution in [0.5, 0.6) is 0 Å². The summed E-state index contributed by atoms with van der Waals surface area (Å²) in [6.45, 7) is 13.6. The Labute approximate surface area is 247 Å². The summed E-state index contributed by atoms with van der Waals surface area (Å²) in [5.41, 5.74) is 5.39. The first-order valence-corrected chi connectivity index (χ1v) is 15.0. The molecule has 0 unspecified atom stereocenters. The van der Waals surface area contributed by atoms with Gasteiger partial charge in [0.05, 0.1) is 11.0 Å². The summed E-state index contributed by atoms with van der Waals surface area (Å²) in [5, 5.41) is 10.7. The first-order chi connectivity index (χ1) is 20.1. The zero-order valence-corrected chi connectivity index (χ0v) is 25.4. The van der Waals surface area contributed by atoms with Gasteiger partial charge in [-0.1, -0.05) is 91.0 Å². The van der Waals surface area contributed by atoms with Gasteiger partial charge in [0.25, 0.3) is 0 Å². The quantitative estimate of drug-likeness (QED) is 0.179. The number of aromatic nitrogens is 2. The van der Waals surface area contributed by atoms with Crippen LogP contribution in [0.4, 0.5) is 0 Å². The normalized spacial score (nSPS) is 12.5. The summed E-state index contributed by atoms with van der Waals surface area (Å²) < 4.78 is 4.92. The van der Waals surface area contributed by atoms with Crippen molar-refractivity contribution in [2.45, 2.75) is 52.6 Å². The molecule has 6 aromatic carbocycles. The van der Waals surface area contributed by atoms with E-state index in [0.29, 0.717) is 0 Å². The second-order valence-electron chi connectivity index (χ2n) is 13.4. The minimum atomic E-state index is 0.0593. The van der Waals surface area contributed by atoms with Crippen LogP contribution in [0, 0.1) is 0 Å². The maximum atomic E-state index is 2.46. The Kier molecular flexibility index (Phi) is 5.95. The Morgan fingerprint density at radius 3 is 1.48 bits per heavy atom. The van der Waals surface area contributed by atoms with Gasteiger partial charge < -0.3 is 9.13 Å². The third-order valence-corrected chi connectivity index (χ3v) is 8.44. The van der Waals surface area contributed by atoms with Crippen molar-refractivity contribution in [2.75, 3.05) is 0 Å². The van der Waals surface area contributed by atoms with Crippen LogP contribution in [-0.4, -0.2) is 9.13 Å². The molecule has 208 valence electrons. The first-order valence-electron chi connectivity index (χ1n) is 15.0. The molecule has 2 aromatic heterocycles. The monoisotopic (exact) mass is 546 g/mol. The van der Waals surface area contributed by atoms with Crippen LogP contribution in [0.3, 0.4) is 0 Å². The average molecular weight is 547 g/mol. The lowest BCUT2D eigenvalue weighted by Gasteiger charge is -2.24. The van der Waals surface area contributed by atoms with Crippen LogP contribution in [-0.2, 0) is 11.1 Å². The molecule has 0 radical (unpaired) electrons. The zero-order chi connectivity index (χ0) is 29.2. The molecule has 2 heteroatoms. The highest BCUT2D eigenvalue weighted by Gasteiger charge is 2.22. The predicted octanol–water partition coefficient (Wildman–Crippen LogP) is 11.4. The summed E-state index contributed by atoms with van der Waals surface area (Å²) in [7, 11) is 0. The van der Waals surface area contributed by atoms with E-state index in [2.05, 4.69) is 172 Å². The van der Waals surface area contributed by atoms with Crippen molar-refractivity contribution in [3.05, 3.63) is 121 Å². The molecule has 2 heterocycles. The molecule has 8 aromatic rings. The molecule has 8 rings (SSSR count). The fraction of sp³-hybridized carbons (Fsp3) is 0.200. The molecule has 0 aliphatic rings. The second-order valence-corrected chi connectivity index (χ2v) is 13.4. The van der Waals surface area contributed by atoms with Crippen molar-refractivity contribution < 1.29 is 0 Å². The molecular weight excluding hydrogens is 508 g/mol. The van der Waals surface area contributed by atoms with Crippen molar-refractivity contribution in [3.63, 3.8) is 0 Å². The molecule has 0 amide bonds. The SMILES string of the molecule is CC(C)(C)n1c2ccccc2c2c3ccccc3ccc21.CC(C)(C)n1c2ccccc2c2cc3ccccc3cc21. The lowest BCUT2D eigenvalue weighted by molar-refractivity contribution is 0.423. The Morgan fingerprint density at radius 1 is 0.357 bits per heavy atom. The number of para-hydroxylation sites is 2. The van der Waals surface area contributed by atoms with E-state index in [0.717, 1.165) is 0 Å². The highest BCUT2D eigenvalue weighted by molar-refractivity contribution is 6.20. The number of hydrogen-bond acceptors (Lipinski definition) is 0. The van der Waals surface area contributed by atoms with Crippen molar-refractivity contribution in [2.24, 2.45) is 0 Å². The topological polar surface area (TPSA) is 9.86 Å². The third kappa shape index (κ3) is 4.17. The van der Waals surface area contributed by atoms with Gasteiger partial charge in [-0.25, -0.2) is 0 Å². The smallest absolute Gasteiger partial charge is 0.0502 e. The standard InChI is InChI=1S/2C20H19N/c1-20(2,3)21-18-11-7-6-10-16(18)17-12-14-8-4-5-9-15(14)13-19(17)21;1-20(2,3)21-17-11-7-6-10-16(17)19-15-9-5-4-8-14(15)12-13-18(19)21/h2*4-13H,1-3H3. The molecule has 0 spiro atoms. The fourth-order valence-corrected chi connectivity index (χ4v) is 6.84. The molecule has 0 aliphatic carbocycles. The van der Waals surface area contributed by atoms with Gasteiger partial charge in [0.1, 0.15) is 0 Å². The Morgan fingerprint density at radius 2 is 0.833 bits per heavy atom. The fourth-order valence-electron chi connectivity index (χ4n) is 6.84. The number of nitrogens with zero attached hydrogens (tertiary/aromatic N) is 2. The zero-order valence-electron chi connectivity index (χ0n) is 25.4. The van der Waals surface area contributed by atoms with E-state index in [9.17, 15) is 0 Å². The third-order valence-electron chi connectivity index (χ3n) is 8.44. The van der Waals surface area contributed by atoms with Crippen LogP contribution in [0.2, 0.25) is 0 Å². The van der Waals surface area contributed by atoms with Crippen molar-refractivity contribution in [1.29, 1.82) is 0 Å². The molecular formula is C40H38N2. The molecule has 0 N–H and O–H groups in total. The Bertz CT molecular complexity index is 2240. The van der Waals surface area contributed by atoms with Gasteiger partial charge in [0.15, 0.2) is 0 Å². The van der Waals surface area contributed by atoms with Gasteiger partial charge in [-0.2, -0.15) is 0 Å². The van der Waals surface area contributed by atoms with Gasteiger partial charge >= 0.3 is 0 Å². The lowest BCUT2D eigenvalue weighted by Crippen LogP contribution is -2.21. The Balaban J connectivity index is 0.000000137. The van der Waals surface area contributed by atoms with Crippen LogP contribution >= 0.6 is 0 Å². The largest absolute Gasteiger partial charge is 0.335 e. The van der Waals surface area contributed by atoms with Crippen molar-refractivity contribution in [1.82, 2.24) is 9.13 Å². The molecule has 42 heavy (non-hydrogen) atoms. The van der Waals surface area contributed by atoms with E-state index in [4.69, 9.17) is 0 Å². The van der Waals surface area contributed by atoms with Crippen LogP contribution < -0.4 is 0 Å². The lowest BCUT2D eigenvalue weighted by atomic mass is 10.0. The first kappa shape index (κ1) is 26.3. The average Bonchev–Trinajstić information content (AvgIpc) is 3.49. The van der Waals surface area contributed by atoms with Gasteiger partial charge in [-0.15, -0.1) is 0 Å². The minimum absolute atomic E-state index is 0.0593. The van der Waals surface area contributed by atoms with E-state index < -0.39 is 0 Å². The minimum Gasteiger partial charge on any atom is -0.335 e. The summed E-state index contributed by atoms with van der Waals surface area (Å²) in [5.74, 6) is 0. The number of hydrogen-bond donors (Lipinski definition) is 0. The van der Waals surface area contributed by atoms with Crippen LogP contribution in [0.1, 0.15) is 41.5 Å². The second kappa shape index (κ2) is 9.49. The molecule has 0 fully saturated rings. The van der Waals surface area contributed by atoms with Crippen LogP contribution in [0.25, 0.3) is 65.2 Å². The summed E-state index contributed by atoms with van der Waals surface area (Å²) in [6, 6.07) is 43.9. The van der Waals surface area contributed by atoms with E-state index in [1.165, 1.54) is 65.2 Å². The van der Waals surface area contributed by atoms with E-state index in [-0.39, 0.29) is 11.1 Å². The van der Waals surface area contributed by atoms with Gasteiger partial charge in [-0.05, 0) is 93.4 Å². The van der Waals surface area contributed by atoms with Gasteiger partial charge in [0, 0.05) is 43.7 Å². The number of rotatable bonds is 0. The van der Waals surface area contributed by atoms with E-state index >= 15 is 0 Å². The highest BCUT2D eigenvalue weighted by atomic mass is 15.1. The molecule has 2 nitrogen and oxygen atoms in total. The van der Waals surface area contributed by atoms with Crippen molar-refractivity contribution in [3.8, 4) is 0 Å². The van der Waals surface area contributed by atoms with E-state index in [1.807, 2.05) is 0 Å². The Hall–Kier alpha value is -4.56. The number of benzene rings is 6. The highest BCUT2D eigenvalue weighted by Crippen LogP contribution is 2.38. The summed E-state index contributed by atoms with van der Waals surface area (Å²) >= 11 is 0. The van der Waals surface area contributed by atoms with E-state index in [1.54, 1.807) is 0 Å². The van der Waals surface area contributed by atoms with Gasteiger partial charge in [0.2, 0.25) is 0 Å². The predicted molar refractivity (Wildman–Crippen MR) is 184 cm³/mol. The van der Waals surface area contributed by atoms with Crippen molar-refractivity contribution >= 4 is 65.2 Å². The molecule has 0 saturated carbocycles.